The van der Waals surface area contributed by atoms with Gasteiger partial charge in [-0.05, 0) is 36.5 Å². The molecule has 2 fully saturated rings. The molecule has 2 N–H and O–H groups in total. The maximum atomic E-state index is 6.05. The maximum Gasteiger partial charge on any atom is 0.191 e. The second-order valence-electron chi connectivity index (χ2n) is 6.28. The van der Waals surface area contributed by atoms with E-state index >= 15 is 0 Å². The Balaban J connectivity index is 1.82. The molecule has 2 aliphatic rings. The number of piperidine rings is 1. The molecule has 92 valence electrons. The average molecular weight is 223 g/mol. The molecule has 0 amide bonds. The lowest BCUT2D eigenvalue weighted by atomic mass is 10.0. The van der Waals surface area contributed by atoms with Crippen LogP contribution in [0.5, 0.6) is 0 Å². The van der Waals surface area contributed by atoms with Crippen molar-refractivity contribution in [2.24, 2.45) is 28.0 Å². The molecule has 3 heteroatoms. The van der Waals surface area contributed by atoms with E-state index in [1.54, 1.807) is 0 Å². The minimum atomic E-state index is 0.513. The van der Waals surface area contributed by atoms with Crippen molar-refractivity contribution in [2.45, 2.75) is 40.0 Å². The van der Waals surface area contributed by atoms with Crippen molar-refractivity contribution >= 4 is 5.96 Å². The van der Waals surface area contributed by atoms with Gasteiger partial charge in [0.05, 0.1) is 0 Å². The van der Waals surface area contributed by atoms with Gasteiger partial charge in [-0.1, -0.05) is 20.8 Å². The first kappa shape index (κ1) is 11.7. The molecular formula is C13H25N3. The van der Waals surface area contributed by atoms with Gasteiger partial charge in [-0.15, -0.1) is 0 Å². The number of hydrogen-bond acceptors (Lipinski definition) is 1. The molecule has 3 nitrogen and oxygen atoms in total. The lowest BCUT2D eigenvalue weighted by molar-refractivity contribution is 0.270. The molecule has 2 atom stereocenters. The monoisotopic (exact) mass is 223 g/mol. The van der Waals surface area contributed by atoms with E-state index in [1.165, 1.54) is 19.3 Å². The zero-order valence-electron chi connectivity index (χ0n) is 10.9. The molecule has 0 aromatic heterocycles. The molecule has 0 spiro atoms. The first-order chi connectivity index (χ1) is 7.49. The molecule has 2 unspecified atom stereocenters. The Bertz CT molecular complexity index is 283. The Hall–Kier alpha value is -0.730. The first-order valence-corrected chi connectivity index (χ1v) is 6.54. The van der Waals surface area contributed by atoms with Crippen LogP contribution >= 0.6 is 0 Å². The van der Waals surface area contributed by atoms with Crippen molar-refractivity contribution in [2.75, 3.05) is 19.6 Å². The Morgan fingerprint density at radius 1 is 1.50 bits per heavy atom. The largest absolute Gasteiger partial charge is 0.370 e. The molecule has 16 heavy (non-hydrogen) atoms. The third kappa shape index (κ3) is 2.69. The highest BCUT2D eigenvalue weighted by molar-refractivity contribution is 5.78. The lowest BCUT2D eigenvalue weighted by Gasteiger charge is -2.31. The first-order valence-electron chi connectivity index (χ1n) is 6.54. The second-order valence-corrected chi connectivity index (χ2v) is 6.28. The van der Waals surface area contributed by atoms with Gasteiger partial charge in [0.15, 0.2) is 5.96 Å². The van der Waals surface area contributed by atoms with E-state index in [2.05, 4.69) is 30.7 Å². The summed E-state index contributed by atoms with van der Waals surface area (Å²) >= 11 is 0. The number of guanidine groups is 1. The van der Waals surface area contributed by atoms with Gasteiger partial charge in [0.1, 0.15) is 0 Å². The molecule has 2 rings (SSSR count). The van der Waals surface area contributed by atoms with Crippen LogP contribution in [0.15, 0.2) is 4.99 Å². The highest BCUT2D eigenvalue weighted by Gasteiger charge is 2.45. The summed E-state index contributed by atoms with van der Waals surface area (Å²) in [7, 11) is 0. The third-order valence-electron chi connectivity index (χ3n) is 4.17. The van der Waals surface area contributed by atoms with Gasteiger partial charge in [-0.2, -0.15) is 0 Å². The van der Waals surface area contributed by atoms with Crippen LogP contribution in [0.1, 0.15) is 40.0 Å². The van der Waals surface area contributed by atoms with Gasteiger partial charge in [-0.3, -0.25) is 4.99 Å². The predicted molar refractivity (Wildman–Crippen MR) is 68.3 cm³/mol. The maximum absolute atomic E-state index is 6.05. The number of nitrogens with two attached hydrogens (primary N) is 1. The van der Waals surface area contributed by atoms with E-state index in [9.17, 15) is 0 Å². The summed E-state index contributed by atoms with van der Waals surface area (Å²) in [6.45, 7) is 10.0. The molecule has 1 heterocycles. The molecule has 1 aliphatic carbocycles. The van der Waals surface area contributed by atoms with Gasteiger partial charge in [-0.25, -0.2) is 0 Å². The number of hydrogen-bond donors (Lipinski definition) is 1. The number of aliphatic imine (C=N–C) groups is 1. The van der Waals surface area contributed by atoms with Gasteiger partial charge >= 0.3 is 0 Å². The Kier molecular flexibility index (Phi) is 3.13. The smallest absolute Gasteiger partial charge is 0.191 e. The highest BCUT2D eigenvalue weighted by Crippen LogP contribution is 2.51. The fourth-order valence-corrected chi connectivity index (χ4v) is 2.59. The number of rotatable bonds is 2. The molecule has 0 radical (unpaired) electrons. The number of likely N-dealkylation sites (tertiary alicyclic amines) is 1. The molecule has 1 aliphatic heterocycles. The minimum Gasteiger partial charge on any atom is -0.370 e. The summed E-state index contributed by atoms with van der Waals surface area (Å²) in [5, 5.41) is 0. The van der Waals surface area contributed by atoms with Crippen LogP contribution in [0.25, 0.3) is 0 Å². The number of nitrogens with zero attached hydrogens (tertiary/aromatic N) is 2. The summed E-state index contributed by atoms with van der Waals surface area (Å²) in [5.74, 6) is 2.29. The van der Waals surface area contributed by atoms with Crippen molar-refractivity contribution in [1.29, 1.82) is 0 Å². The minimum absolute atomic E-state index is 0.513. The van der Waals surface area contributed by atoms with Crippen LogP contribution in [0.3, 0.4) is 0 Å². The van der Waals surface area contributed by atoms with E-state index in [4.69, 9.17) is 5.73 Å². The topological polar surface area (TPSA) is 41.6 Å². The van der Waals surface area contributed by atoms with Gasteiger partial charge in [0.2, 0.25) is 0 Å². The second kappa shape index (κ2) is 4.27. The SMILES string of the molecule is CC1CCCN(C(N)=NCC2CC2(C)C)C1. The third-order valence-corrected chi connectivity index (χ3v) is 4.17. The molecule has 0 aromatic rings. The van der Waals surface area contributed by atoms with E-state index < -0.39 is 0 Å². The quantitative estimate of drug-likeness (QED) is 0.575. The van der Waals surface area contributed by atoms with E-state index in [-0.39, 0.29) is 0 Å². The standard InChI is InChI=1S/C13H25N3/c1-10-5-4-6-16(9-10)12(14)15-8-11-7-13(11,2)3/h10-11H,4-9H2,1-3H3,(H2,14,15). The zero-order valence-corrected chi connectivity index (χ0v) is 10.9. The summed E-state index contributed by atoms with van der Waals surface area (Å²) in [5.41, 5.74) is 6.56. The molecule has 0 aromatic carbocycles. The lowest BCUT2D eigenvalue weighted by Crippen LogP contribution is -2.43. The average Bonchev–Trinajstić information content (AvgIpc) is 2.83. The van der Waals surface area contributed by atoms with Crippen LogP contribution in [0.2, 0.25) is 0 Å². The fraction of sp³-hybridized carbons (Fsp3) is 0.923. The normalized spacial score (nSPS) is 33.9. The van der Waals surface area contributed by atoms with E-state index in [0.717, 1.165) is 37.4 Å². The van der Waals surface area contributed by atoms with Crippen LogP contribution in [0, 0.1) is 17.3 Å². The Morgan fingerprint density at radius 2 is 2.19 bits per heavy atom. The Labute approximate surface area is 99.1 Å². The Morgan fingerprint density at radius 3 is 2.75 bits per heavy atom. The predicted octanol–water partition coefficient (Wildman–Crippen LogP) is 2.08. The van der Waals surface area contributed by atoms with Crippen molar-refractivity contribution in [3.8, 4) is 0 Å². The van der Waals surface area contributed by atoms with E-state index in [0.29, 0.717) is 5.41 Å². The van der Waals surface area contributed by atoms with Crippen molar-refractivity contribution in [3.05, 3.63) is 0 Å². The van der Waals surface area contributed by atoms with Gasteiger partial charge in [0, 0.05) is 19.6 Å². The molecule has 0 bridgehead atoms. The van der Waals surface area contributed by atoms with Crippen molar-refractivity contribution in [1.82, 2.24) is 4.90 Å². The molecule has 1 saturated heterocycles. The van der Waals surface area contributed by atoms with Crippen LogP contribution in [-0.4, -0.2) is 30.5 Å². The van der Waals surface area contributed by atoms with Crippen LogP contribution < -0.4 is 5.73 Å². The molecular weight excluding hydrogens is 198 g/mol. The fourth-order valence-electron chi connectivity index (χ4n) is 2.59. The van der Waals surface area contributed by atoms with Crippen molar-refractivity contribution in [3.63, 3.8) is 0 Å². The van der Waals surface area contributed by atoms with Crippen molar-refractivity contribution < 1.29 is 0 Å². The highest BCUT2D eigenvalue weighted by atomic mass is 15.3. The van der Waals surface area contributed by atoms with Gasteiger partial charge < -0.3 is 10.6 Å². The van der Waals surface area contributed by atoms with E-state index in [1.807, 2.05) is 0 Å². The molecule has 1 saturated carbocycles. The zero-order chi connectivity index (χ0) is 11.8. The summed E-state index contributed by atoms with van der Waals surface area (Å²) in [4.78, 5) is 6.81. The van der Waals surface area contributed by atoms with Crippen LogP contribution in [0.4, 0.5) is 0 Å². The van der Waals surface area contributed by atoms with Gasteiger partial charge in [0.25, 0.3) is 0 Å². The summed E-state index contributed by atoms with van der Waals surface area (Å²) < 4.78 is 0. The van der Waals surface area contributed by atoms with Crippen LogP contribution in [-0.2, 0) is 0 Å². The summed E-state index contributed by atoms with van der Waals surface area (Å²) in [6.07, 6.45) is 3.89. The summed E-state index contributed by atoms with van der Waals surface area (Å²) in [6, 6.07) is 0.